The number of carbonyl (C=O) groups excluding carboxylic acids is 2. The number of ether oxygens (including phenoxy) is 5. The largest absolute Gasteiger partial charge is 0.497 e. The van der Waals surface area contributed by atoms with Crippen molar-refractivity contribution in [2.24, 2.45) is 0 Å². The maximum Gasteiger partial charge on any atom is 0.339 e. The molecule has 214 valence electrons. The highest BCUT2D eigenvalue weighted by atomic mass is 16.7. The molecule has 10 nitrogen and oxygen atoms in total. The first-order valence-electron chi connectivity index (χ1n) is 13.7. The standard InChI is InChI=1S/C29H39NO9/c1-27(2,33)8-5-10-29(34,16-23(31)36-4)26(32)39-25-22(35-3)15-28-9-6-11-30(28)12-7-18-13-20-21(38-17-37-20)14-19(18)24(25)28/h13-15,24-25,33-34H,5-12,16-17H2,1-4H3/t24-,25+,28?,29-/m1/s1. The Labute approximate surface area is 228 Å². The molecule has 0 saturated carbocycles. The van der Waals surface area contributed by atoms with Crippen molar-refractivity contribution in [2.45, 2.75) is 87.6 Å². The third-order valence-corrected chi connectivity index (χ3v) is 8.62. The molecule has 0 amide bonds. The summed E-state index contributed by atoms with van der Waals surface area (Å²) in [5.41, 5.74) is -1.42. The Hall–Kier alpha value is -2.82. The van der Waals surface area contributed by atoms with Gasteiger partial charge in [0.1, 0.15) is 5.76 Å². The number of methoxy groups -OCH3 is 2. The summed E-state index contributed by atoms with van der Waals surface area (Å²) in [6.45, 7) is 5.21. The number of esters is 2. The van der Waals surface area contributed by atoms with Gasteiger partial charge < -0.3 is 33.9 Å². The highest BCUT2D eigenvalue weighted by molar-refractivity contribution is 5.86. The van der Waals surface area contributed by atoms with Crippen LogP contribution in [0, 0.1) is 0 Å². The van der Waals surface area contributed by atoms with E-state index in [1.54, 1.807) is 21.0 Å². The fourth-order valence-electron chi connectivity index (χ4n) is 6.71. The number of fused-ring (bicyclic) bond motifs is 3. The normalized spacial score (nSPS) is 27.0. The van der Waals surface area contributed by atoms with Crippen LogP contribution in [0.4, 0.5) is 0 Å². The highest BCUT2D eigenvalue weighted by Gasteiger charge is 2.59. The van der Waals surface area contributed by atoms with Gasteiger partial charge in [0.25, 0.3) is 0 Å². The smallest absolute Gasteiger partial charge is 0.339 e. The topological polar surface area (TPSA) is 124 Å². The van der Waals surface area contributed by atoms with E-state index in [9.17, 15) is 19.8 Å². The molecule has 4 aliphatic rings. The van der Waals surface area contributed by atoms with Crippen LogP contribution in [0.15, 0.2) is 24.0 Å². The zero-order valence-corrected chi connectivity index (χ0v) is 23.2. The third-order valence-electron chi connectivity index (χ3n) is 8.62. The van der Waals surface area contributed by atoms with Crippen molar-refractivity contribution in [3.8, 4) is 11.5 Å². The molecule has 2 N–H and O–H groups in total. The summed E-state index contributed by atoms with van der Waals surface area (Å²) < 4.78 is 28.1. The molecule has 1 aromatic rings. The van der Waals surface area contributed by atoms with Crippen LogP contribution in [0.5, 0.6) is 11.5 Å². The third kappa shape index (κ3) is 5.10. The molecule has 1 aromatic carbocycles. The predicted octanol–water partition coefficient (Wildman–Crippen LogP) is 2.58. The van der Waals surface area contributed by atoms with Gasteiger partial charge in [-0.25, -0.2) is 4.79 Å². The van der Waals surface area contributed by atoms with Crippen LogP contribution in [0.2, 0.25) is 0 Å². The first-order chi connectivity index (χ1) is 18.5. The molecule has 0 radical (unpaired) electrons. The van der Waals surface area contributed by atoms with E-state index in [4.69, 9.17) is 23.7 Å². The number of rotatable bonds is 9. The average molecular weight is 546 g/mol. The van der Waals surface area contributed by atoms with Crippen molar-refractivity contribution in [3.63, 3.8) is 0 Å². The van der Waals surface area contributed by atoms with E-state index in [1.165, 1.54) is 7.11 Å². The number of benzene rings is 1. The molecule has 0 bridgehead atoms. The number of nitrogens with zero attached hydrogens (tertiary/aromatic N) is 1. The monoisotopic (exact) mass is 545 g/mol. The Kier molecular flexibility index (Phi) is 7.32. The van der Waals surface area contributed by atoms with E-state index in [1.807, 2.05) is 12.1 Å². The van der Waals surface area contributed by atoms with Crippen LogP contribution in [-0.4, -0.2) is 84.0 Å². The van der Waals surface area contributed by atoms with Gasteiger partial charge in [0.2, 0.25) is 6.79 Å². The lowest BCUT2D eigenvalue weighted by Gasteiger charge is -2.39. The minimum atomic E-state index is -2.12. The molecule has 5 rings (SSSR count). The fraction of sp³-hybridized carbons (Fsp3) is 0.655. The van der Waals surface area contributed by atoms with Crippen LogP contribution in [0.25, 0.3) is 0 Å². The van der Waals surface area contributed by atoms with Gasteiger partial charge in [-0.05, 0) is 88.3 Å². The number of hydrogen-bond donors (Lipinski definition) is 2. The van der Waals surface area contributed by atoms with Crippen LogP contribution < -0.4 is 9.47 Å². The van der Waals surface area contributed by atoms with Gasteiger partial charge >= 0.3 is 11.9 Å². The molecule has 4 atom stereocenters. The Balaban J connectivity index is 1.50. The van der Waals surface area contributed by atoms with Crippen LogP contribution in [0.3, 0.4) is 0 Å². The summed E-state index contributed by atoms with van der Waals surface area (Å²) in [5, 5.41) is 21.6. The second-order valence-corrected chi connectivity index (χ2v) is 11.7. The fourth-order valence-corrected chi connectivity index (χ4v) is 6.71. The molecule has 3 heterocycles. The Morgan fingerprint density at radius 2 is 1.87 bits per heavy atom. The van der Waals surface area contributed by atoms with E-state index in [0.29, 0.717) is 30.1 Å². The Morgan fingerprint density at radius 3 is 2.56 bits per heavy atom. The minimum Gasteiger partial charge on any atom is -0.497 e. The van der Waals surface area contributed by atoms with Crippen molar-refractivity contribution in [3.05, 3.63) is 35.1 Å². The molecule has 39 heavy (non-hydrogen) atoms. The maximum atomic E-state index is 13.8. The van der Waals surface area contributed by atoms with Crippen LogP contribution in [-0.2, 0) is 30.2 Å². The summed E-state index contributed by atoms with van der Waals surface area (Å²) >= 11 is 0. The van der Waals surface area contributed by atoms with Crippen molar-refractivity contribution in [1.29, 1.82) is 0 Å². The summed E-state index contributed by atoms with van der Waals surface area (Å²) in [6, 6.07) is 4.00. The summed E-state index contributed by atoms with van der Waals surface area (Å²) in [7, 11) is 2.76. The van der Waals surface area contributed by atoms with Crippen molar-refractivity contribution in [2.75, 3.05) is 34.1 Å². The van der Waals surface area contributed by atoms with Gasteiger partial charge in [0, 0.05) is 6.54 Å². The average Bonchev–Trinajstić information content (AvgIpc) is 3.56. The Morgan fingerprint density at radius 1 is 1.13 bits per heavy atom. The van der Waals surface area contributed by atoms with Gasteiger partial charge in [-0.15, -0.1) is 0 Å². The van der Waals surface area contributed by atoms with Gasteiger partial charge in [0.15, 0.2) is 23.2 Å². The molecule has 1 spiro atoms. The lowest BCUT2D eigenvalue weighted by molar-refractivity contribution is -0.178. The van der Waals surface area contributed by atoms with Gasteiger partial charge in [-0.3, -0.25) is 9.69 Å². The quantitative estimate of drug-likeness (QED) is 0.448. The van der Waals surface area contributed by atoms with Crippen LogP contribution in [0.1, 0.15) is 69.4 Å². The molecule has 3 aliphatic heterocycles. The van der Waals surface area contributed by atoms with Crippen molar-refractivity contribution >= 4 is 11.9 Å². The lowest BCUT2D eigenvalue weighted by Crippen LogP contribution is -2.49. The van der Waals surface area contributed by atoms with Crippen LogP contribution >= 0.6 is 0 Å². The predicted molar refractivity (Wildman–Crippen MR) is 139 cm³/mol. The van der Waals surface area contributed by atoms with E-state index < -0.39 is 41.2 Å². The van der Waals surface area contributed by atoms with Gasteiger partial charge in [-0.1, -0.05) is 0 Å². The van der Waals surface area contributed by atoms with E-state index in [2.05, 4.69) is 11.0 Å². The summed E-state index contributed by atoms with van der Waals surface area (Å²) in [4.78, 5) is 28.4. The SMILES string of the molecule is COC(=O)C[C@](O)(CCCC(C)(C)O)C(=O)O[C@H]1C(OC)=CC23CCCN2CCc2cc4c(cc2[C@H]13)OCO4. The molecule has 0 aromatic heterocycles. The minimum absolute atomic E-state index is 0.0686. The second-order valence-electron chi connectivity index (χ2n) is 11.7. The number of aliphatic hydroxyl groups is 2. The highest BCUT2D eigenvalue weighted by Crippen LogP contribution is 2.55. The second kappa shape index (κ2) is 10.3. The lowest BCUT2D eigenvalue weighted by atomic mass is 9.77. The molecule has 1 fully saturated rings. The van der Waals surface area contributed by atoms with E-state index in [-0.39, 0.29) is 19.1 Å². The molecular formula is C29H39NO9. The Bertz CT molecular complexity index is 1160. The molecular weight excluding hydrogens is 506 g/mol. The summed E-state index contributed by atoms with van der Waals surface area (Å²) in [6.07, 6.45) is 3.94. The van der Waals surface area contributed by atoms with Gasteiger partial charge in [-0.2, -0.15) is 0 Å². The van der Waals surface area contributed by atoms with Gasteiger partial charge in [0.05, 0.1) is 37.7 Å². The number of carbonyl (C=O) groups is 2. The van der Waals surface area contributed by atoms with E-state index >= 15 is 0 Å². The maximum absolute atomic E-state index is 13.8. The van der Waals surface area contributed by atoms with Crippen molar-refractivity contribution < 1.29 is 43.5 Å². The van der Waals surface area contributed by atoms with Crippen molar-refractivity contribution in [1.82, 2.24) is 4.90 Å². The first-order valence-corrected chi connectivity index (χ1v) is 13.7. The molecule has 1 aliphatic carbocycles. The molecule has 1 saturated heterocycles. The summed E-state index contributed by atoms with van der Waals surface area (Å²) in [5.74, 6) is -0.0645. The first kappa shape index (κ1) is 27.7. The van der Waals surface area contributed by atoms with E-state index in [0.717, 1.165) is 43.5 Å². The number of hydrogen-bond acceptors (Lipinski definition) is 10. The zero-order chi connectivity index (χ0) is 28.0. The molecule has 1 unspecified atom stereocenters. The zero-order valence-electron chi connectivity index (χ0n) is 23.2. The molecule has 10 heteroatoms.